The summed E-state index contributed by atoms with van der Waals surface area (Å²) in [7, 11) is 0. The second-order valence-corrected chi connectivity index (χ2v) is 4.70. The van der Waals surface area contributed by atoms with Gasteiger partial charge in [0.25, 0.3) is 0 Å². The molecule has 1 aliphatic heterocycles. The molecule has 2 heterocycles. The molecule has 0 atom stereocenters. The molecule has 22 heavy (non-hydrogen) atoms. The first-order valence-electron chi connectivity index (χ1n) is 6.61. The first-order chi connectivity index (χ1) is 10.6. The second-order valence-electron chi connectivity index (χ2n) is 4.70. The Hall–Kier alpha value is -2.97. The van der Waals surface area contributed by atoms with Gasteiger partial charge in [-0.25, -0.2) is 13.9 Å². The van der Waals surface area contributed by atoms with Crippen LogP contribution in [0.4, 0.5) is 14.9 Å². The maximum Gasteiger partial charge on any atom is 0.319 e. The number of fused-ring (bicyclic) bond motifs is 1. The lowest BCUT2D eigenvalue weighted by Crippen LogP contribution is -2.35. The van der Waals surface area contributed by atoms with Crippen LogP contribution in [0.1, 0.15) is 11.4 Å². The van der Waals surface area contributed by atoms with E-state index in [9.17, 15) is 14.0 Å². The van der Waals surface area contributed by atoms with Crippen molar-refractivity contribution in [3.05, 3.63) is 41.5 Å². The number of nitrogens with zero attached hydrogens (tertiary/aromatic N) is 3. The van der Waals surface area contributed by atoms with Crippen molar-refractivity contribution in [2.24, 2.45) is 0 Å². The van der Waals surface area contributed by atoms with Gasteiger partial charge < -0.3 is 16.0 Å². The molecule has 1 aliphatic rings. The molecule has 3 amide bonds. The van der Waals surface area contributed by atoms with E-state index in [1.54, 1.807) is 6.07 Å². The number of rotatable bonds is 3. The SMILES string of the molecule is O=C1Cn2nnc(CNC(=O)Nc3ccccc3F)c2CN1. The van der Waals surface area contributed by atoms with Gasteiger partial charge in [-0.2, -0.15) is 0 Å². The minimum atomic E-state index is -0.549. The summed E-state index contributed by atoms with van der Waals surface area (Å²) in [6.45, 7) is 0.563. The number of amides is 3. The number of para-hydroxylation sites is 1. The second kappa shape index (κ2) is 5.80. The summed E-state index contributed by atoms with van der Waals surface area (Å²) in [5.74, 6) is -0.643. The fraction of sp³-hybridized carbons (Fsp3) is 0.231. The van der Waals surface area contributed by atoms with Gasteiger partial charge in [0.1, 0.15) is 18.1 Å². The average Bonchev–Trinajstić information content (AvgIpc) is 2.89. The number of anilines is 1. The van der Waals surface area contributed by atoms with Crippen LogP contribution in [0, 0.1) is 5.82 Å². The molecule has 0 bridgehead atoms. The molecule has 2 aromatic rings. The van der Waals surface area contributed by atoms with Crippen LogP contribution in [-0.2, 0) is 24.4 Å². The third-order valence-corrected chi connectivity index (χ3v) is 3.20. The van der Waals surface area contributed by atoms with Gasteiger partial charge in [-0.05, 0) is 12.1 Å². The van der Waals surface area contributed by atoms with Crippen LogP contribution in [0.15, 0.2) is 24.3 Å². The first-order valence-corrected chi connectivity index (χ1v) is 6.61. The third kappa shape index (κ3) is 2.87. The molecule has 3 N–H and O–H groups in total. The molecule has 0 saturated carbocycles. The Kier molecular flexibility index (Phi) is 3.69. The number of carbonyl (C=O) groups excluding carboxylic acids is 2. The minimum absolute atomic E-state index is 0.0947. The highest BCUT2D eigenvalue weighted by molar-refractivity contribution is 5.89. The Bertz CT molecular complexity index is 729. The van der Waals surface area contributed by atoms with E-state index in [-0.39, 0.29) is 24.7 Å². The molecule has 1 aromatic carbocycles. The summed E-state index contributed by atoms with van der Waals surface area (Å²) in [5, 5.41) is 15.5. The first kappa shape index (κ1) is 14.0. The van der Waals surface area contributed by atoms with Crippen molar-refractivity contribution in [3.8, 4) is 0 Å². The largest absolute Gasteiger partial charge is 0.349 e. The van der Waals surface area contributed by atoms with Gasteiger partial charge in [0.2, 0.25) is 5.91 Å². The lowest BCUT2D eigenvalue weighted by molar-refractivity contribution is -0.122. The van der Waals surface area contributed by atoms with Crippen molar-refractivity contribution in [1.29, 1.82) is 0 Å². The zero-order valence-electron chi connectivity index (χ0n) is 11.5. The van der Waals surface area contributed by atoms with Gasteiger partial charge in [-0.3, -0.25) is 4.79 Å². The quantitative estimate of drug-likeness (QED) is 0.762. The van der Waals surface area contributed by atoms with E-state index in [4.69, 9.17) is 0 Å². The molecular weight excluding hydrogens is 291 g/mol. The van der Waals surface area contributed by atoms with Crippen molar-refractivity contribution in [2.45, 2.75) is 19.6 Å². The predicted octanol–water partition coefficient (Wildman–Crippen LogP) is 0.369. The Balaban J connectivity index is 1.60. The fourth-order valence-electron chi connectivity index (χ4n) is 2.09. The fourth-order valence-corrected chi connectivity index (χ4v) is 2.09. The van der Waals surface area contributed by atoms with Crippen LogP contribution in [0.3, 0.4) is 0 Å². The number of hydrogen-bond acceptors (Lipinski definition) is 4. The zero-order chi connectivity index (χ0) is 15.5. The molecule has 3 rings (SSSR count). The number of urea groups is 1. The van der Waals surface area contributed by atoms with Gasteiger partial charge in [-0.15, -0.1) is 5.10 Å². The van der Waals surface area contributed by atoms with E-state index < -0.39 is 11.8 Å². The third-order valence-electron chi connectivity index (χ3n) is 3.20. The molecular formula is C13H13FN6O2. The standard InChI is InChI=1S/C13H13FN6O2/c14-8-3-1-2-4-9(8)17-13(22)16-5-10-11-6-15-12(21)7-20(11)19-18-10/h1-4H,5-7H2,(H,15,21)(H2,16,17,22). The van der Waals surface area contributed by atoms with Crippen molar-refractivity contribution in [3.63, 3.8) is 0 Å². The number of hydrogen-bond donors (Lipinski definition) is 3. The van der Waals surface area contributed by atoms with Crippen LogP contribution < -0.4 is 16.0 Å². The molecule has 0 aliphatic carbocycles. The van der Waals surface area contributed by atoms with Crippen molar-refractivity contribution in [1.82, 2.24) is 25.6 Å². The molecule has 9 heteroatoms. The summed E-state index contributed by atoms with van der Waals surface area (Å²) in [4.78, 5) is 23.0. The topological polar surface area (TPSA) is 101 Å². The molecule has 0 fully saturated rings. The average molecular weight is 304 g/mol. The summed E-state index contributed by atoms with van der Waals surface area (Å²) in [5.41, 5.74) is 1.40. The molecule has 0 radical (unpaired) electrons. The normalized spacial score (nSPS) is 13.2. The lowest BCUT2D eigenvalue weighted by atomic mass is 10.2. The van der Waals surface area contributed by atoms with Crippen LogP contribution in [0.25, 0.3) is 0 Å². The Morgan fingerprint density at radius 2 is 2.23 bits per heavy atom. The zero-order valence-corrected chi connectivity index (χ0v) is 11.5. The van der Waals surface area contributed by atoms with Crippen LogP contribution in [0.5, 0.6) is 0 Å². The molecule has 0 saturated heterocycles. The number of nitrogens with one attached hydrogen (secondary N) is 3. The van der Waals surface area contributed by atoms with Crippen LogP contribution >= 0.6 is 0 Å². The molecule has 114 valence electrons. The van der Waals surface area contributed by atoms with E-state index >= 15 is 0 Å². The molecule has 0 unspecified atom stereocenters. The highest BCUT2D eigenvalue weighted by atomic mass is 19.1. The number of carbonyl (C=O) groups is 2. The van der Waals surface area contributed by atoms with Crippen molar-refractivity contribution in [2.75, 3.05) is 5.32 Å². The summed E-state index contributed by atoms with van der Waals surface area (Å²) < 4.78 is 14.9. The number of halogens is 1. The van der Waals surface area contributed by atoms with Crippen molar-refractivity contribution >= 4 is 17.6 Å². The summed E-state index contributed by atoms with van der Waals surface area (Å²) in [6, 6.07) is 5.33. The monoisotopic (exact) mass is 304 g/mol. The van der Waals surface area contributed by atoms with E-state index in [0.29, 0.717) is 12.2 Å². The van der Waals surface area contributed by atoms with Crippen LogP contribution in [-0.4, -0.2) is 26.9 Å². The Labute approximate surface area is 124 Å². The maximum atomic E-state index is 13.4. The van der Waals surface area contributed by atoms with Gasteiger partial charge in [0.15, 0.2) is 0 Å². The van der Waals surface area contributed by atoms with E-state index in [1.807, 2.05) is 0 Å². The summed E-state index contributed by atoms with van der Waals surface area (Å²) in [6.07, 6.45) is 0. The molecule has 0 spiro atoms. The summed E-state index contributed by atoms with van der Waals surface area (Å²) >= 11 is 0. The Morgan fingerprint density at radius 3 is 3.05 bits per heavy atom. The van der Waals surface area contributed by atoms with Crippen molar-refractivity contribution < 1.29 is 14.0 Å². The van der Waals surface area contributed by atoms with Gasteiger partial charge >= 0.3 is 6.03 Å². The van der Waals surface area contributed by atoms with E-state index in [1.165, 1.54) is 22.9 Å². The van der Waals surface area contributed by atoms with Gasteiger partial charge in [0, 0.05) is 0 Å². The van der Waals surface area contributed by atoms with Crippen LogP contribution in [0.2, 0.25) is 0 Å². The lowest BCUT2D eigenvalue weighted by Gasteiger charge is -2.14. The highest BCUT2D eigenvalue weighted by Crippen LogP contribution is 2.12. The minimum Gasteiger partial charge on any atom is -0.349 e. The van der Waals surface area contributed by atoms with E-state index in [2.05, 4.69) is 26.3 Å². The highest BCUT2D eigenvalue weighted by Gasteiger charge is 2.20. The van der Waals surface area contributed by atoms with Gasteiger partial charge in [0.05, 0.1) is 24.5 Å². The number of aromatic nitrogens is 3. The number of benzene rings is 1. The smallest absolute Gasteiger partial charge is 0.319 e. The Morgan fingerprint density at radius 1 is 1.41 bits per heavy atom. The maximum absolute atomic E-state index is 13.4. The van der Waals surface area contributed by atoms with E-state index in [0.717, 1.165) is 5.69 Å². The molecule has 8 nitrogen and oxygen atoms in total. The van der Waals surface area contributed by atoms with Gasteiger partial charge in [-0.1, -0.05) is 17.3 Å². The molecule has 1 aromatic heterocycles. The predicted molar refractivity (Wildman–Crippen MR) is 74.1 cm³/mol.